The Morgan fingerprint density at radius 2 is 0.800 bits per heavy atom. The molecule has 0 saturated heterocycles. The maximum absolute atomic E-state index is 6.94. The third kappa shape index (κ3) is 6.99. The van der Waals surface area contributed by atoms with Crippen LogP contribution in [0.5, 0.6) is 23.0 Å². The molecular weight excluding hydrogens is 673 g/mol. The molecule has 6 aromatic carbocycles. The van der Waals surface area contributed by atoms with Crippen LogP contribution in [0.4, 0.5) is 11.4 Å². The van der Waals surface area contributed by atoms with Gasteiger partial charge in [0.2, 0.25) is 0 Å². The standard InChI is InChI=1S/C51H56N2O2/c1-7-15-35-29-39(30-36(16-8-2)49(35)54-47-25-23-41(52)27-33(47)5)51(45-21-13-11-19-43(45)44-20-12-14-22-46(44)51)40-31-37(17-9-3)50(38(32-40)18-10-4)55-48-26-24-42(53)28-34(48)6/h11-14,19-32H,7-10,15-18,52-53H2,1-6H3. The number of ether oxygens (including phenoxy) is 2. The van der Waals surface area contributed by atoms with Gasteiger partial charge >= 0.3 is 0 Å². The molecule has 0 aromatic heterocycles. The number of fused-ring (bicyclic) bond motifs is 3. The maximum atomic E-state index is 6.94. The molecule has 0 spiro atoms. The van der Waals surface area contributed by atoms with Crippen molar-refractivity contribution in [3.05, 3.63) is 165 Å². The highest BCUT2D eigenvalue weighted by Crippen LogP contribution is 2.58. The molecule has 0 unspecified atom stereocenters. The maximum Gasteiger partial charge on any atom is 0.133 e. The summed E-state index contributed by atoms with van der Waals surface area (Å²) in [5, 5.41) is 0. The lowest BCUT2D eigenvalue weighted by atomic mass is 9.66. The molecule has 0 amide bonds. The van der Waals surface area contributed by atoms with Gasteiger partial charge in [0.25, 0.3) is 0 Å². The van der Waals surface area contributed by atoms with Crippen LogP contribution in [0.3, 0.4) is 0 Å². The molecule has 55 heavy (non-hydrogen) atoms. The molecule has 0 aliphatic heterocycles. The summed E-state index contributed by atoms with van der Waals surface area (Å²) in [5.41, 5.74) is 28.1. The highest BCUT2D eigenvalue weighted by molar-refractivity contribution is 5.86. The van der Waals surface area contributed by atoms with Gasteiger partial charge < -0.3 is 20.9 Å². The molecule has 282 valence electrons. The van der Waals surface area contributed by atoms with Crippen LogP contribution >= 0.6 is 0 Å². The Morgan fingerprint density at radius 1 is 0.455 bits per heavy atom. The van der Waals surface area contributed by atoms with Gasteiger partial charge in [-0.2, -0.15) is 0 Å². The van der Waals surface area contributed by atoms with Crippen LogP contribution in [-0.4, -0.2) is 0 Å². The first-order valence-electron chi connectivity index (χ1n) is 20.3. The van der Waals surface area contributed by atoms with Crippen LogP contribution in [0.15, 0.2) is 109 Å². The van der Waals surface area contributed by atoms with E-state index in [-0.39, 0.29) is 0 Å². The van der Waals surface area contributed by atoms with E-state index >= 15 is 0 Å². The van der Waals surface area contributed by atoms with E-state index in [0.29, 0.717) is 0 Å². The first kappa shape index (κ1) is 37.8. The van der Waals surface area contributed by atoms with Crippen molar-refractivity contribution in [2.75, 3.05) is 11.5 Å². The van der Waals surface area contributed by atoms with Crippen LogP contribution in [0, 0.1) is 13.8 Å². The zero-order chi connectivity index (χ0) is 38.7. The number of hydrogen-bond donors (Lipinski definition) is 2. The lowest BCUT2D eigenvalue weighted by Gasteiger charge is -2.36. The van der Waals surface area contributed by atoms with Gasteiger partial charge in [-0.15, -0.1) is 0 Å². The average Bonchev–Trinajstić information content (AvgIpc) is 3.47. The minimum Gasteiger partial charge on any atom is -0.457 e. The van der Waals surface area contributed by atoms with Gasteiger partial charge in [0.05, 0.1) is 5.41 Å². The Hall–Kier alpha value is -5.48. The van der Waals surface area contributed by atoms with Gasteiger partial charge in [0, 0.05) is 11.4 Å². The zero-order valence-electron chi connectivity index (χ0n) is 33.5. The lowest BCUT2D eigenvalue weighted by Crippen LogP contribution is -2.29. The molecule has 4 N–H and O–H groups in total. The molecule has 0 atom stereocenters. The fourth-order valence-electron chi connectivity index (χ4n) is 8.84. The van der Waals surface area contributed by atoms with Gasteiger partial charge in [-0.05, 0) is 143 Å². The largest absolute Gasteiger partial charge is 0.457 e. The van der Waals surface area contributed by atoms with Gasteiger partial charge in [-0.25, -0.2) is 0 Å². The minimum atomic E-state index is -0.561. The number of benzene rings is 6. The molecule has 4 nitrogen and oxygen atoms in total. The minimum absolute atomic E-state index is 0.561. The Bertz CT molecular complexity index is 2120. The van der Waals surface area contributed by atoms with E-state index in [1.54, 1.807) is 0 Å². The van der Waals surface area contributed by atoms with Crippen molar-refractivity contribution in [3.8, 4) is 34.1 Å². The molecule has 4 heteroatoms. The fourth-order valence-corrected chi connectivity index (χ4v) is 8.84. The van der Waals surface area contributed by atoms with Crippen LogP contribution < -0.4 is 20.9 Å². The second-order valence-corrected chi connectivity index (χ2v) is 15.3. The average molecular weight is 729 g/mol. The number of nitrogen functional groups attached to an aromatic ring is 2. The van der Waals surface area contributed by atoms with Gasteiger partial charge in [-0.1, -0.05) is 126 Å². The smallest absolute Gasteiger partial charge is 0.133 e. The number of aryl methyl sites for hydroxylation is 6. The SMILES string of the molecule is CCCc1cc(C2(c3cc(CCC)c(Oc4ccc(N)cc4C)c(CCC)c3)c3ccccc3-c3ccccc32)cc(CCC)c1Oc1ccc(N)cc1C. The first-order valence-corrected chi connectivity index (χ1v) is 20.3. The molecule has 6 aromatic rings. The fraction of sp³-hybridized carbons (Fsp3) is 0.294. The number of hydrogen-bond acceptors (Lipinski definition) is 4. The third-order valence-electron chi connectivity index (χ3n) is 11.2. The molecular formula is C51H56N2O2. The van der Waals surface area contributed by atoms with Crippen LogP contribution in [0.2, 0.25) is 0 Å². The van der Waals surface area contributed by atoms with E-state index in [1.807, 2.05) is 36.4 Å². The summed E-state index contributed by atoms with van der Waals surface area (Å²) >= 11 is 0. The van der Waals surface area contributed by atoms with Crippen LogP contribution in [-0.2, 0) is 31.1 Å². The highest BCUT2D eigenvalue weighted by Gasteiger charge is 2.47. The molecule has 0 heterocycles. The van der Waals surface area contributed by atoms with E-state index in [1.165, 1.54) is 55.6 Å². The molecule has 0 fully saturated rings. The summed E-state index contributed by atoms with van der Waals surface area (Å²) in [7, 11) is 0. The summed E-state index contributed by atoms with van der Waals surface area (Å²) in [5.74, 6) is 3.67. The second kappa shape index (κ2) is 16.1. The van der Waals surface area contributed by atoms with Crippen molar-refractivity contribution < 1.29 is 9.47 Å². The Morgan fingerprint density at radius 3 is 1.13 bits per heavy atom. The van der Waals surface area contributed by atoms with Crippen LogP contribution in [0.1, 0.15) is 109 Å². The predicted octanol–water partition coefficient (Wildman–Crippen LogP) is 13.2. The predicted molar refractivity (Wildman–Crippen MR) is 231 cm³/mol. The quantitative estimate of drug-likeness (QED) is 0.109. The normalized spacial score (nSPS) is 12.7. The van der Waals surface area contributed by atoms with E-state index in [2.05, 4.69) is 114 Å². The van der Waals surface area contributed by atoms with Crippen molar-refractivity contribution in [1.29, 1.82) is 0 Å². The van der Waals surface area contributed by atoms with Gasteiger partial charge in [-0.3, -0.25) is 0 Å². The van der Waals surface area contributed by atoms with E-state index in [9.17, 15) is 0 Å². The van der Waals surface area contributed by atoms with Crippen LogP contribution in [0.25, 0.3) is 11.1 Å². The Balaban J connectivity index is 1.54. The molecule has 1 aliphatic carbocycles. The molecule has 0 radical (unpaired) electrons. The molecule has 0 saturated carbocycles. The van der Waals surface area contributed by atoms with Crippen molar-refractivity contribution in [3.63, 3.8) is 0 Å². The lowest BCUT2D eigenvalue weighted by molar-refractivity contribution is 0.464. The van der Waals surface area contributed by atoms with Crippen molar-refractivity contribution in [1.82, 2.24) is 0 Å². The van der Waals surface area contributed by atoms with E-state index in [0.717, 1.165) is 96.9 Å². The topological polar surface area (TPSA) is 70.5 Å². The molecule has 1 aliphatic rings. The van der Waals surface area contributed by atoms with E-state index < -0.39 is 5.41 Å². The van der Waals surface area contributed by atoms with Gasteiger partial charge in [0.1, 0.15) is 23.0 Å². The van der Waals surface area contributed by atoms with Crippen molar-refractivity contribution in [2.24, 2.45) is 0 Å². The number of rotatable bonds is 14. The highest BCUT2D eigenvalue weighted by atomic mass is 16.5. The van der Waals surface area contributed by atoms with Crippen molar-refractivity contribution in [2.45, 2.75) is 98.3 Å². The molecule has 7 rings (SSSR count). The second-order valence-electron chi connectivity index (χ2n) is 15.3. The van der Waals surface area contributed by atoms with Gasteiger partial charge in [0.15, 0.2) is 0 Å². The Kier molecular flexibility index (Phi) is 11.1. The summed E-state index contributed by atoms with van der Waals surface area (Å²) in [4.78, 5) is 0. The zero-order valence-corrected chi connectivity index (χ0v) is 33.5. The molecule has 0 bridgehead atoms. The first-order chi connectivity index (χ1) is 26.7. The summed E-state index contributed by atoms with van der Waals surface area (Å²) in [6.07, 6.45) is 7.64. The monoisotopic (exact) mass is 728 g/mol. The third-order valence-corrected chi connectivity index (χ3v) is 11.2. The van der Waals surface area contributed by atoms with Crippen molar-refractivity contribution >= 4 is 11.4 Å². The summed E-state index contributed by atoms with van der Waals surface area (Å²) in [6.45, 7) is 13.2. The number of anilines is 2. The summed E-state index contributed by atoms with van der Waals surface area (Å²) < 4.78 is 13.9. The number of nitrogens with two attached hydrogens (primary N) is 2. The summed E-state index contributed by atoms with van der Waals surface area (Å²) in [6, 6.07) is 39.8. The van der Waals surface area contributed by atoms with E-state index in [4.69, 9.17) is 20.9 Å². The Labute approximate surface area is 328 Å².